The van der Waals surface area contributed by atoms with Crippen molar-refractivity contribution >= 4 is 11.8 Å². The van der Waals surface area contributed by atoms with Gasteiger partial charge < -0.3 is 11.1 Å². The van der Waals surface area contributed by atoms with Gasteiger partial charge in [-0.25, -0.2) is 4.39 Å². The van der Waals surface area contributed by atoms with Crippen molar-refractivity contribution in [1.29, 1.82) is 0 Å². The highest BCUT2D eigenvalue weighted by Crippen LogP contribution is 2.21. The summed E-state index contributed by atoms with van der Waals surface area (Å²) in [4.78, 5) is 22.2. The Morgan fingerprint density at radius 1 is 1.50 bits per heavy atom. The Balaban J connectivity index is 2.71. The maximum atomic E-state index is 13.0. The fraction of sp³-hybridized carbons (Fsp3) is 0.111. The predicted octanol–water partition coefficient (Wildman–Crippen LogP) is 0.168. The van der Waals surface area contributed by atoms with Gasteiger partial charge in [-0.3, -0.25) is 9.59 Å². The summed E-state index contributed by atoms with van der Waals surface area (Å²) in [7, 11) is 0. The summed E-state index contributed by atoms with van der Waals surface area (Å²) in [5, 5.41) is 2.49. The van der Waals surface area contributed by atoms with E-state index in [9.17, 15) is 14.0 Å². The summed E-state index contributed by atoms with van der Waals surface area (Å²) < 4.78 is 13.0. The van der Waals surface area contributed by atoms with Crippen molar-refractivity contribution in [1.82, 2.24) is 5.32 Å². The Morgan fingerprint density at radius 2 is 2.21 bits per heavy atom. The monoisotopic (exact) mass is 194 g/mol. The van der Waals surface area contributed by atoms with E-state index in [0.717, 1.165) is 6.07 Å². The third kappa shape index (κ3) is 1.14. The number of primary amides is 1. The van der Waals surface area contributed by atoms with Gasteiger partial charge in [0.1, 0.15) is 5.82 Å². The largest absolute Gasteiger partial charge is 0.366 e. The summed E-state index contributed by atoms with van der Waals surface area (Å²) in [6.45, 7) is 0.242. The minimum absolute atomic E-state index is 0.0602. The fourth-order valence-corrected chi connectivity index (χ4v) is 1.53. The minimum Gasteiger partial charge on any atom is -0.366 e. The van der Waals surface area contributed by atoms with Crippen molar-refractivity contribution in [2.75, 3.05) is 0 Å². The summed E-state index contributed by atoms with van der Waals surface area (Å²) in [5.74, 6) is -1.74. The molecule has 4 nitrogen and oxygen atoms in total. The van der Waals surface area contributed by atoms with E-state index in [0.29, 0.717) is 5.56 Å². The van der Waals surface area contributed by atoms with Gasteiger partial charge in [-0.05, 0) is 17.7 Å². The highest BCUT2D eigenvalue weighted by atomic mass is 19.1. The van der Waals surface area contributed by atoms with Crippen LogP contribution in [0.1, 0.15) is 26.3 Å². The molecule has 0 aromatic heterocycles. The Hall–Kier alpha value is -1.91. The Morgan fingerprint density at radius 3 is 2.86 bits per heavy atom. The number of hydrogen-bond donors (Lipinski definition) is 2. The topological polar surface area (TPSA) is 72.2 Å². The van der Waals surface area contributed by atoms with Crippen molar-refractivity contribution in [3.63, 3.8) is 0 Å². The summed E-state index contributed by atoms with van der Waals surface area (Å²) in [6, 6.07) is 2.20. The number of amides is 2. The molecule has 0 bridgehead atoms. The molecule has 1 aliphatic heterocycles. The molecule has 2 rings (SSSR count). The maximum Gasteiger partial charge on any atom is 0.252 e. The first-order chi connectivity index (χ1) is 6.59. The van der Waals surface area contributed by atoms with E-state index >= 15 is 0 Å². The van der Waals surface area contributed by atoms with E-state index in [-0.39, 0.29) is 23.6 Å². The third-order valence-corrected chi connectivity index (χ3v) is 2.12. The fourth-order valence-electron chi connectivity index (χ4n) is 1.53. The maximum absolute atomic E-state index is 13.0. The van der Waals surface area contributed by atoms with Gasteiger partial charge in [0.25, 0.3) is 5.91 Å². The zero-order chi connectivity index (χ0) is 10.3. The van der Waals surface area contributed by atoms with E-state index in [1.54, 1.807) is 0 Å². The third-order valence-electron chi connectivity index (χ3n) is 2.12. The molecule has 1 aromatic rings. The number of rotatable bonds is 1. The quantitative estimate of drug-likeness (QED) is 0.668. The van der Waals surface area contributed by atoms with Crippen LogP contribution in [-0.4, -0.2) is 11.8 Å². The first kappa shape index (κ1) is 8.68. The SMILES string of the molecule is NC(=O)c1cc(F)cc2c1C(=O)NC2. The highest BCUT2D eigenvalue weighted by molar-refractivity contribution is 6.09. The van der Waals surface area contributed by atoms with Gasteiger partial charge >= 0.3 is 0 Å². The van der Waals surface area contributed by atoms with Crippen LogP contribution in [0.25, 0.3) is 0 Å². The van der Waals surface area contributed by atoms with Crippen molar-refractivity contribution in [2.24, 2.45) is 5.73 Å². The van der Waals surface area contributed by atoms with E-state index in [4.69, 9.17) is 5.73 Å². The van der Waals surface area contributed by atoms with Crippen LogP contribution in [0, 0.1) is 5.82 Å². The second-order valence-corrected chi connectivity index (χ2v) is 3.03. The molecule has 0 radical (unpaired) electrons. The average molecular weight is 194 g/mol. The molecule has 0 atom stereocenters. The smallest absolute Gasteiger partial charge is 0.252 e. The van der Waals surface area contributed by atoms with Crippen LogP contribution in [0.3, 0.4) is 0 Å². The lowest BCUT2D eigenvalue weighted by Crippen LogP contribution is -2.19. The van der Waals surface area contributed by atoms with E-state index < -0.39 is 11.7 Å². The van der Waals surface area contributed by atoms with Gasteiger partial charge in [0.15, 0.2) is 0 Å². The summed E-state index contributed by atoms with van der Waals surface area (Å²) in [6.07, 6.45) is 0. The minimum atomic E-state index is -0.794. The highest BCUT2D eigenvalue weighted by Gasteiger charge is 2.25. The van der Waals surface area contributed by atoms with Gasteiger partial charge in [0.05, 0.1) is 11.1 Å². The van der Waals surface area contributed by atoms with Crippen LogP contribution in [0.4, 0.5) is 4.39 Å². The van der Waals surface area contributed by atoms with Crippen LogP contribution in [-0.2, 0) is 6.54 Å². The molecule has 14 heavy (non-hydrogen) atoms. The molecule has 5 heteroatoms. The number of benzene rings is 1. The molecule has 0 unspecified atom stereocenters. The van der Waals surface area contributed by atoms with Gasteiger partial charge in [-0.15, -0.1) is 0 Å². The Labute approximate surface area is 78.9 Å². The van der Waals surface area contributed by atoms with Gasteiger partial charge in [-0.1, -0.05) is 0 Å². The number of halogens is 1. The molecule has 0 aliphatic carbocycles. The number of fused-ring (bicyclic) bond motifs is 1. The second kappa shape index (κ2) is 2.80. The van der Waals surface area contributed by atoms with Crippen LogP contribution >= 0.6 is 0 Å². The molecule has 2 amide bonds. The number of nitrogens with two attached hydrogens (primary N) is 1. The molecule has 0 spiro atoms. The van der Waals surface area contributed by atoms with E-state index in [2.05, 4.69) is 5.32 Å². The number of carbonyl (C=O) groups excluding carboxylic acids is 2. The molecule has 0 saturated heterocycles. The van der Waals surface area contributed by atoms with Crippen molar-refractivity contribution < 1.29 is 14.0 Å². The zero-order valence-electron chi connectivity index (χ0n) is 7.13. The second-order valence-electron chi connectivity index (χ2n) is 3.03. The number of carbonyl (C=O) groups is 2. The van der Waals surface area contributed by atoms with E-state index in [1.165, 1.54) is 6.07 Å². The summed E-state index contributed by atoms with van der Waals surface area (Å²) >= 11 is 0. The van der Waals surface area contributed by atoms with Gasteiger partial charge in [0.2, 0.25) is 5.91 Å². The molecule has 1 heterocycles. The Bertz CT molecular complexity index is 443. The molecule has 3 N–H and O–H groups in total. The zero-order valence-corrected chi connectivity index (χ0v) is 7.13. The molecule has 0 fully saturated rings. The first-order valence-electron chi connectivity index (χ1n) is 4.00. The van der Waals surface area contributed by atoms with Crippen LogP contribution < -0.4 is 11.1 Å². The summed E-state index contributed by atoms with van der Waals surface area (Å²) in [5.41, 5.74) is 5.64. The number of hydrogen-bond acceptors (Lipinski definition) is 2. The number of nitrogens with one attached hydrogen (secondary N) is 1. The van der Waals surface area contributed by atoms with Crippen LogP contribution in [0.2, 0.25) is 0 Å². The van der Waals surface area contributed by atoms with E-state index in [1.807, 2.05) is 0 Å². The van der Waals surface area contributed by atoms with Crippen LogP contribution in [0.15, 0.2) is 12.1 Å². The standard InChI is InChI=1S/C9H7FN2O2/c10-5-1-4-3-12-9(14)7(4)6(2-5)8(11)13/h1-2H,3H2,(H2,11,13)(H,12,14). The van der Waals surface area contributed by atoms with Crippen molar-refractivity contribution in [3.8, 4) is 0 Å². The lowest BCUT2D eigenvalue weighted by atomic mass is 10.0. The van der Waals surface area contributed by atoms with Crippen molar-refractivity contribution in [3.05, 3.63) is 34.6 Å². The average Bonchev–Trinajstić information content (AvgIpc) is 2.46. The Kier molecular flexibility index (Phi) is 1.73. The first-order valence-corrected chi connectivity index (χ1v) is 4.00. The molecule has 0 saturated carbocycles. The lowest BCUT2D eigenvalue weighted by Gasteiger charge is -2.02. The lowest BCUT2D eigenvalue weighted by molar-refractivity contribution is 0.0947. The molecular formula is C9H7FN2O2. The molecule has 72 valence electrons. The van der Waals surface area contributed by atoms with Crippen LogP contribution in [0.5, 0.6) is 0 Å². The molecule has 1 aliphatic rings. The van der Waals surface area contributed by atoms with Gasteiger partial charge in [0, 0.05) is 6.54 Å². The normalized spacial score (nSPS) is 13.6. The molecule has 1 aromatic carbocycles. The van der Waals surface area contributed by atoms with Gasteiger partial charge in [-0.2, -0.15) is 0 Å². The van der Waals surface area contributed by atoms with Crippen molar-refractivity contribution in [2.45, 2.75) is 6.54 Å². The predicted molar refractivity (Wildman–Crippen MR) is 46.1 cm³/mol. The molecular weight excluding hydrogens is 187 g/mol.